The normalized spacial score (nSPS) is 10.6. The van der Waals surface area contributed by atoms with E-state index < -0.39 is 0 Å². The van der Waals surface area contributed by atoms with Gasteiger partial charge in [0.05, 0.1) is 19.6 Å². The Morgan fingerprint density at radius 2 is 1.77 bits per heavy atom. The molecule has 1 heterocycles. The molecule has 0 bridgehead atoms. The Kier molecular flexibility index (Phi) is 5.95. The summed E-state index contributed by atoms with van der Waals surface area (Å²) in [6.07, 6.45) is 0.105. The minimum Gasteiger partial charge on any atom is -0.508 e. The van der Waals surface area contributed by atoms with Crippen molar-refractivity contribution in [1.29, 1.82) is 0 Å². The molecule has 0 unspecified atom stereocenters. The number of ether oxygens (including phenoxy) is 2. The first-order valence-corrected chi connectivity index (χ1v) is 8.10. The lowest BCUT2D eigenvalue weighted by atomic mass is 10.2. The standard InChI is InChI=1S/C19H18N2O5/c22-15-6-8-16(9-7-15)25-11-10-17(23)19-21-20-18(26-19)13-24-12-14-4-2-1-3-5-14/h1-9,22H,10-13H2. The predicted octanol–water partition coefficient (Wildman–Crippen LogP) is 3.14. The monoisotopic (exact) mass is 354 g/mol. The summed E-state index contributed by atoms with van der Waals surface area (Å²) in [6.45, 7) is 0.734. The summed E-state index contributed by atoms with van der Waals surface area (Å²) in [7, 11) is 0. The Hall–Kier alpha value is -3.19. The van der Waals surface area contributed by atoms with E-state index in [1.54, 1.807) is 12.1 Å². The molecule has 0 saturated heterocycles. The summed E-state index contributed by atoms with van der Waals surface area (Å²) in [5.41, 5.74) is 1.04. The smallest absolute Gasteiger partial charge is 0.284 e. The number of ketones is 1. The molecular formula is C19H18N2O5. The molecule has 3 aromatic rings. The van der Waals surface area contributed by atoms with Crippen LogP contribution in [0.25, 0.3) is 0 Å². The highest BCUT2D eigenvalue weighted by Gasteiger charge is 2.15. The average molecular weight is 354 g/mol. The number of phenolic OH excluding ortho intramolecular Hbond substituents is 1. The number of aromatic nitrogens is 2. The van der Waals surface area contributed by atoms with Gasteiger partial charge in [-0.05, 0) is 29.8 Å². The fourth-order valence-electron chi connectivity index (χ4n) is 2.17. The van der Waals surface area contributed by atoms with Crippen LogP contribution >= 0.6 is 0 Å². The zero-order chi connectivity index (χ0) is 18.2. The van der Waals surface area contributed by atoms with E-state index in [9.17, 15) is 9.90 Å². The maximum atomic E-state index is 12.0. The van der Waals surface area contributed by atoms with Crippen LogP contribution in [-0.2, 0) is 18.0 Å². The van der Waals surface area contributed by atoms with Crippen molar-refractivity contribution in [2.45, 2.75) is 19.6 Å². The van der Waals surface area contributed by atoms with Gasteiger partial charge in [0.2, 0.25) is 11.7 Å². The van der Waals surface area contributed by atoms with Crippen LogP contribution in [-0.4, -0.2) is 27.7 Å². The summed E-state index contributed by atoms with van der Waals surface area (Å²) in [4.78, 5) is 12.0. The summed E-state index contributed by atoms with van der Waals surface area (Å²) >= 11 is 0. The minimum absolute atomic E-state index is 0.0578. The number of phenols is 1. The van der Waals surface area contributed by atoms with Crippen molar-refractivity contribution < 1.29 is 23.8 Å². The Balaban J connectivity index is 1.41. The second-order valence-electron chi connectivity index (χ2n) is 5.49. The van der Waals surface area contributed by atoms with Crippen LogP contribution in [0.3, 0.4) is 0 Å². The van der Waals surface area contributed by atoms with Crippen LogP contribution < -0.4 is 4.74 Å². The third-order valence-electron chi connectivity index (χ3n) is 3.48. The van der Waals surface area contributed by atoms with E-state index in [-0.39, 0.29) is 42.9 Å². The molecule has 26 heavy (non-hydrogen) atoms. The third-order valence-corrected chi connectivity index (χ3v) is 3.48. The van der Waals surface area contributed by atoms with Crippen molar-refractivity contribution in [3.8, 4) is 11.5 Å². The Labute approximate surface area is 150 Å². The fraction of sp³-hybridized carbons (Fsp3) is 0.211. The molecule has 7 nitrogen and oxygen atoms in total. The molecule has 0 fully saturated rings. The number of rotatable bonds is 9. The van der Waals surface area contributed by atoms with Gasteiger partial charge in [-0.2, -0.15) is 0 Å². The second-order valence-corrected chi connectivity index (χ2v) is 5.49. The quantitative estimate of drug-likeness (QED) is 0.590. The van der Waals surface area contributed by atoms with Gasteiger partial charge >= 0.3 is 0 Å². The summed E-state index contributed by atoms with van der Waals surface area (Å²) in [5.74, 6) is 0.615. The van der Waals surface area contributed by atoms with Crippen LogP contribution in [0.5, 0.6) is 11.5 Å². The van der Waals surface area contributed by atoms with Gasteiger partial charge in [-0.3, -0.25) is 4.79 Å². The molecular weight excluding hydrogens is 336 g/mol. The van der Waals surface area contributed by atoms with Gasteiger partial charge in [0, 0.05) is 0 Å². The maximum Gasteiger partial charge on any atom is 0.284 e. The van der Waals surface area contributed by atoms with Crippen molar-refractivity contribution in [2.24, 2.45) is 0 Å². The highest BCUT2D eigenvalue weighted by Crippen LogP contribution is 2.16. The largest absolute Gasteiger partial charge is 0.508 e. The number of nitrogens with zero attached hydrogens (tertiary/aromatic N) is 2. The molecule has 0 radical (unpaired) electrons. The highest BCUT2D eigenvalue weighted by atomic mass is 16.5. The van der Waals surface area contributed by atoms with E-state index in [2.05, 4.69) is 10.2 Å². The second kappa shape index (κ2) is 8.77. The molecule has 0 aliphatic rings. The summed E-state index contributed by atoms with van der Waals surface area (Å²) in [5, 5.41) is 16.8. The lowest BCUT2D eigenvalue weighted by Crippen LogP contribution is -2.07. The molecule has 0 amide bonds. The lowest BCUT2D eigenvalue weighted by molar-refractivity contribution is 0.0841. The van der Waals surface area contributed by atoms with Crippen LogP contribution in [0.4, 0.5) is 0 Å². The first-order valence-electron chi connectivity index (χ1n) is 8.10. The van der Waals surface area contributed by atoms with Gasteiger partial charge in [0.25, 0.3) is 5.89 Å². The number of carbonyl (C=O) groups is 1. The SMILES string of the molecule is O=C(CCOc1ccc(O)cc1)c1nnc(COCc2ccccc2)o1. The van der Waals surface area contributed by atoms with Crippen LogP contribution in [0.2, 0.25) is 0 Å². The van der Waals surface area contributed by atoms with Gasteiger partial charge in [-0.25, -0.2) is 0 Å². The van der Waals surface area contributed by atoms with Gasteiger partial charge in [-0.15, -0.1) is 10.2 Å². The minimum atomic E-state index is -0.300. The average Bonchev–Trinajstić information content (AvgIpc) is 3.13. The molecule has 0 spiro atoms. The van der Waals surface area contributed by atoms with E-state index >= 15 is 0 Å². The van der Waals surface area contributed by atoms with Crippen LogP contribution in [0.15, 0.2) is 59.0 Å². The van der Waals surface area contributed by atoms with Crippen LogP contribution in [0, 0.1) is 0 Å². The molecule has 7 heteroatoms. The summed E-state index contributed by atoms with van der Waals surface area (Å²) in [6, 6.07) is 16.0. The zero-order valence-corrected chi connectivity index (χ0v) is 14.0. The van der Waals surface area contributed by atoms with Crippen molar-refractivity contribution in [3.63, 3.8) is 0 Å². The third kappa shape index (κ3) is 5.15. The Morgan fingerprint density at radius 1 is 1.00 bits per heavy atom. The van der Waals surface area contributed by atoms with E-state index in [4.69, 9.17) is 13.9 Å². The molecule has 0 aliphatic heterocycles. The van der Waals surface area contributed by atoms with E-state index in [0.717, 1.165) is 5.56 Å². The maximum absolute atomic E-state index is 12.0. The number of benzene rings is 2. The Morgan fingerprint density at radius 3 is 2.54 bits per heavy atom. The van der Waals surface area contributed by atoms with Gasteiger partial charge in [0.15, 0.2) is 0 Å². The van der Waals surface area contributed by atoms with Crippen molar-refractivity contribution >= 4 is 5.78 Å². The molecule has 3 rings (SSSR count). The molecule has 1 aromatic heterocycles. The van der Waals surface area contributed by atoms with Crippen molar-refractivity contribution in [2.75, 3.05) is 6.61 Å². The van der Waals surface area contributed by atoms with E-state index in [0.29, 0.717) is 12.4 Å². The zero-order valence-electron chi connectivity index (χ0n) is 14.0. The fourth-order valence-corrected chi connectivity index (χ4v) is 2.17. The topological polar surface area (TPSA) is 94.7 Å². The molecule has 0 saturated carbocycles. The van der Waals surface area contributed by atoms with E-state index in [1.807, 2.05) is 30.3 Å². The number of hydrogen-bond acceptors (Lipinski definition) is 7. The predicted molar refractivity (Wildman–Crippen MR) is 91.8 cm³/mol. The number of carbonyl (C=O) groups excluding carboxylic acids is 1. The Bertz CT molecular complexity index is 831. The van der Waals surface area contributed by atoms with Gasteiger partial charge in [-0.1, -0.05) is 30.3 Å². The van der Waals surface area contributed by atoms with Crippen molar-refractivity contribution in [3.05, 3.63) is 71.9 Å². The number of Topliss-reactive ketones (excluding diaryl/α,β-unsaturated/α-hetero) is 1. The summed E-state index contributed by atoms with van der Waals surface area (Å²) < 4.78 is 16.2. The first-order chi connectivity index (χ1) is 12.7. The molecule has 134 valence electrons. The number of hydrogen-bond donors (Lipinski definition) is 1. The van der Waals surface area contributed by atoms with E-state index in [1.165, 1.54) is 12.1 Å². The molecule has 0 aliphatic carbocycles. The molecule has 0 atom stereocenters. The van der Waals surface area contributed by atoms with Gasteiger partial charge < -0.3 is 19.0 Å². The highest BCUT2D eigenvalue weighted by molar-refractivity contribution is 5.91. The van der Waals surface area contributed by atoms with Crippen molar-refractivity contribution in [1.82, 2.24) is 10.2 Å². The lowest BCUT2D eigenvalue weighted by Gasteiger charge is -2.04. The first kappa shape index (κ1) is 17.6. The number of aromatic hydroxyl groups is 1. The molecule has 1 N–H and O–H groups in total. The van der Waals surface area contributed by atoms with Gasteiger partial charge in [0.1, 0.15) is 18.1 Å². The molecule has 2 aromatic carbocycles. The van der Waals surface area contributed by atoms with Crippen LogP contribution in [0.1, 0.15) is 28.6 Å².